The molecule has 0 N–H and O–H groups in total. The molecule has 0 atom stereocenters. The maximum Gasteiger partial charge on any atom is 0.0780 e. The Labute approximate surface area is 210 Å². The first kappa shape index (κ1) is 17.1. The van der Waals surface area contributed by atoms with E-state index in [4.69, 9.17) is 11.8 Å². The monoisotopic (exact) mass is 448 g/mol. The smallest absolute Gasteiger partial charge is 0.0780 e. The van der Waals surface area contributed by atoms with Crippen molar-refractivity contribution in [3.63, 3.8) is 0 Å². The van der Waals surface area contributed by atoms with E-state index >= 15 is 0 Å². The molecule has 34 heavy (non-hydrogen) atoms. The second kappa shape index (κ2) is 9.43. The summed E-state index contributed by atoms with van der Waals surface area (Å²) in [5.41, 5.74) is 5.58. The van der Waals surface area contributed by atoms with Gasteiger partial charge in [0.05, 0.1) is 12.5 Å². The zero-order valence-electron chi connectivity index (χ0n) is 25.3. The molecule has 0 saturated carbocycles. The highest BCUT2D eigenvalue weighted by atomic mass is 14.7. The van der Waals surface area contributed by atoms with Crippen LogP contribution >= 0.6 is 0 Å². The van der Waals surface area contributed by atoms with Gasteiger partial charge in [0, 0.05) is 17.1 Å². The maximum atomic E-state index is 8.37. The SMILES string of the molecule is [2H]c1c([2H])c([2H])c(-c2ccc3c(ccc4c(-c5cc(CC(C)C)cc(CC(C)C)c5)nccc43)c2)c([2H])c1[2H]. The van der Waals surface area contributed by atoms with Crippen LogP contribution in [0.3, 0.4) is 0 Å². The molecule has 0 fully saturated rings. The lowest BCUT2D eigenvalue weighted by molar-refractivity contribution is 0.636. The van der Waals surface area contributed by atoms with Gasteiger partial charge in [-0.1, -0.05) is 88.2 Å². The molecule has 1 aromatic heterocycles. The molecule has 0 spiro atoms. The van der Waals surface area contributed by atoms with Crippen molar-refractivity contribution < 1.29 is 6.85 Å². The Morgan fingerprint density at radius 3 is 2.00 bits per heavy atom. The summed E-state index contributed by atoms with van der Waals surface area (Å²) in [4.78, 5) is 4.83. The van der Waals surface area contributed by atoms with E-state index in [0.717, 1.165) is 45.6 Å². The highest BCUT2D eigenvalue weighted by Gasteiger charge is 2.12. The van der Waals surface area contributed by atoms with Crippen molar-refractivity contribution in [2.24, 2.45) is 11.8 Å². The maximum absolute atomic E-state index is 8.37. The summed E-state index contributed by atoms with van der Waals surface area (Å²) < 4.78 is 40.8. The molecule has 0 aliphatic rings. The Bertz CT molecular complexity index is 1660. The highest BCUT2D eigenvalue weighted by molar-refractivity contribution is 6.11. The van der Waals surface area contributed by atoms with Crippen LogP contribution in [0.1, 0.15) is 45.7 Å². The molecule has 170 valence electrons. The van der Waals surface area contributed by atoms with Gasteiger partial charge in [0.25, 0.3) is 0 Å². The van der Waals surface area contributed by atoms with Crippen LogP contribution in [-0.4, -0.2) is 4.98 Å². The number of fused-ring (bicyclic) bond motifs is 3. The fraction of sp³-hybridized carbons (Fsp3) is 0.242. The molecule has 0 amide bonds. The zero-order chi connectivity index (χ0) is 28.0. The van der Waals surface area contributed by atoms with Crippen LogP contribution in [0.15, 0.2) is 91.0 Å². The lowest BCUT2D eigenvalue weighted by Gasteiger charge is -2.15. The fourth-order valence-electron chi connectivity index (χ4n) is 4.85. The number of benzene rings is 4. The number of rotatable bonds is 6. The summed E-state index contributed by atoms with van der Waals surface area (Å²) in [6, 6.07) is 17.4. The first-order valence-corrected chi connectivity index (χ1v) is 12.1. The number of hydrogen-bond acceptors (Lipinski definition) is 1. The van der Waals surface area contributed by atoms with Crippen molar-refractivity contribution in [2.75, 3.05) is 0 Å². The molecule has 4 aromatic carbocycles. The largest absolute Gasteiger partial charge is 0.256 e. The molecule has 1 heterocycles. The quantitative estimate of drug-likeness (QED) is 0.236. The number of pyridine rings is 1. The first-order valence-electron chi connectivity index (χ1n) is 14.6. The number of aromatic nitrogens is 1. The second-order valence-corrected chi connectivity index (χ2v) is 9.99. The number of hydrogen-bond donors (Lipinski definition) is 0. The van der Waals surface area contributed by atoms with E-state index in [1.54, 1.807) is 0 Å². The van der Waals surface area contributed by atoms with Crippen molar-refractivity contribution in [2.45, 2.75) is 40.5 Å². The van der Waals surface area contributed by atoms with E-state index in [-0.39, 0.29) is 35.8 Å². The summed E-state index contributed by atoms with van der Waals surface area (Å²) in [6.07, 6.45) is 3.90. The van der Waals surface area contributed by atoms with E-state index in [2.05, 4.69) is 52.0 Å². The summed E-state index contributed by atoms with van der Waals surface area (Å²) in [5, 5.41) is 4.12. The third kappa shape index (κ3) is 4.61. The average molecular weight is 449 g/mol. The molecule has 1 nitrogen and oxygen atoms in total. The van der Waals surface area contributed by atoms with E-state index in [9.17, 15) is 0 Å². The third-order valence-corrected chi connectivity index (χ3v) is 6.16. The molecule has 0 aliphatic heterocycles. The minimum Gasteiger partial charge on any atom is -0.256 e. The summed E-state index contributed by atoms with van der Waals surface area (Å²) >= 11 is 0. The van der Waals surface area contributed by atoms with Crippen molar-refractivity contribution in [3.8, 4) is 22.4 Å². The van der Waals surface area contributed by atoms with E-state index in [1.165, 1.54) is 11.1 Å². The summed E-state index contributed by atoms with van der Waals surface area (Å²) in [7, 11) is 0. The van der Waals surface area contributed by atoms with Crippen LogP contribution < -0.4 is 0 Å². The van der Waals surface area contributed by atoms with Gasteiger partial charge in [-0.05, 0) is 87.4 Å². The molecule has 5 rings (SSSR count). The van der Waals surface area contributed by atoms with Gasteiger partial charge in [0.1, 0.15) is 0 Å². The molecule has 5 aromatic rings. The topological polar surface area (TPSA) is 12.9 Å². The Hall–Kier alpha value is -3.45. The first-order chi connectivity index (χ1) is 18.5. The van der Waals surface area contributed by atoms with Gasteiger partial charge >= 0.3 is 0 Å². The summed E-state index contributed by atoms with van der Waals surface area (Å²) in [6.45, 7) is 8.98. The minimum absolute atomic E-state index is 0.189. The van der Waals surface area contributed by atoms with Gasteiger partial charge in [-0.25, -0.2) is 0 Å². The molecular formula is C33H33N. The second-order valence-electron chi connectivity index (χ2n) is 9.99. The molecule has 0 bridgehead atoms. The van der Waals surface area contributed by atoms with E-state index in [1.807, 2.05) is 36.5 Å². The molecule has 0 radical (unpaired) electrons. The van der Waals surface area contributed by atoms with Crippen molar-refractivity contribution in [1.29, 1.82) is 0 Å². The molecule has 0 unspecified atom stereocenters. The lowest BCUT2D eigenvalue weighted by atomic mass is 9.91. The van der Waals surface area contributed by atoms with Crippen LogP contribution in [0.25, 0.3) is 43.9 Å². The van der Waals surface area contributed by atoms with Crippen molar-refractivity contribution in [1.82, 2.24) is 4.98 Å². The standard InChI is InChI=1S/C33H33N/c1-22(2)16-24-18-25(17-23(3)4)20-29(19-24)33-32-13-11-28-21-27(26-8-6-5-7-9-26)10-12-30(28)31(32)14-15-34-33/h5-15,18-23H,16-17H2,1-4H3/i5D,6D,7D,8D,9D. The lowest BCUT2D eigenvalue weighted by Crippen LogP contribution is -2.00. The Kier molecular flexibility index (Phi) is 4.73. The van der Waals surface area contributed by atoms with Crippen molar-refractivity contribution in [3.05, 3.63) is 102 Å². The predicted molar refractivity (Wildman–Crippen MR) is 147 cm³/mol. The third-order valence-electron chi connectivity index (χ3n) is 6.16. The highest BCUT2D eigenvalue weighted by Crippen LogP contribution is 2.34. The van der Waals surface area contributed by atoms with E-state index < -0.39 is 0 Å². The molecule has 0 aliphatic carbocycles. The minimum atomic E-state index is -0.380. The van der Waals surface area contributed by atoms with Gasteiger partial charge in [0.15, 0.2) is 0 Å². The van der Waals surface area contributed by atoms with E-state index in [0.29, 0.717) is 17.4 Å². The molecule has 1 heteroatoms. The predicted octanol–water partition coefficient (Wildman–Crippen LogP) is 9.12. The molecule has 0 saturated heterocycles. The van der Waals surface area contributed by atoms with Crippen LogP contribution in [0.4, 0.5) is 0 Å². The van der Waals surface area contributed by atoms with Crippen LogP contribution in [-0.2, 0) is 12.8 Å². The van der Waals surface area contributed by atoms with Gasteiger partial charge < -0.3 is 0 Å². The average Bonchev–Trinajstić information content (AvgIpc) is 2.89. The Morgan fingerprint density at radius 2 is 1.32 bits per heavy atom. The number of nitrogens with zero attached hydrogens (tertiary/aromatic N) is 1. The zero-order valence-corrected chi connectivity index (χ0v) is 20.3. The van der Waals surface area contributed by atoms with Gasteiger partial charge in [-0.2, -0.15) is 0 Å². The summed E-state index contributed by atoms with van der Waals surface area (Å²) in [5.74, 6) is 1.13. The normalized spacial score (nSPS) is 13.8. The van der Waals surface area contributed by atoms with Gasteiger partial charge in [-0.15, -0.1) is 0 Å². The van der Waals surface area contributed by atoms with Gasteiger partial charge in [0.2, 0.25) is 0 Å². The van der Waals surface area contributed by atoms with Crippen LogP contribution in [0, 0.1) is 11.8 Å². The molecular weight excluding hydrogens is 410 g/mol. The Balaban J connectivity index is 1.67. The fourth-order valence-corrected chi connectivity index (χ4v) is 4.85. The van der Waals surface area contributed by atoms with Crippen LogP contribution in [0.2, 0.25) is 0 Å². The van der Waals surface area contributed by atoms with Crippen LogP contribution in [0.5, 0.6) is 0 Å². The Morgan fingerprint density at radius 1 is 0.647 bits per heavy atom. The van der Waals surface area contributed by atoms with Gasteiger partial charge in [-0.3, -0.25) is 4.98 Å². The van der Waals surface area contributed by atoms with Crippen molar-refractivity contribution >= 4 is 21.5 Å².